The molecule has 24 heavy (non-hydrogen) atoms. The number of aliphatic hydroxyl groups excluding tert-OH is 3. The van der Waals surface area contributed by atoms with Gasteiger partial charge in [-0.2, -0.15) is 0 Å². The Hall–Kier alpha value is -0.320. The van der Waals surface area contributed by atoms with Crippen LogP contribution in [0.1, 0.15) is 0 Å². The number of nitrogens with one attached hydrogen (secondary N) is 2. The molecule has 1 saturated heterocycles. The minimum atomic E-state index is 0.166. The molecule has 1 aliphatic heterocycles. The van der Waals surface area contributed by atoms with Gasteiger partial charge in [-0.15, -0.1) is 0 Å². The first-order valence-electron chi connectivity index (χ1n) is 9.21. The van der Waals surface area contributed by atoms with Crippen molar-refractivity contribution in [2.24, 2.45) is 0 Å². The molecule has 0 aromatic rings. The molecule has 0 bridgehead atoms. The second-order valence-electron chi connectivity index (χ2n) is 6.20. The van der Waals surface area contributed by atoms with Crippen LogP contribution in [0.4, 0.5) is 0 Å². The smallest absolute Gasteiger partial charge is 0.0558 e. The second kappa shape index (κ2) is 15.0. The van der Waals surface area contributed by atoms with Gasteiger partial charge in [0, 0.05) is 85.1 Å². The van der Waals surface area contributed by atoms with E-state index in [4.69, 9.17) is 10.2 Å². The van der Waals surface area contributed by atoms with E-state index in [-0.39, 0.29) is 19.8 Å². The largest absolute Gasteiger partial charge is 0.395 e. The first-order chi connectivity index (χ1) is 11.8. The summed E-state index contributed by atoms with van der Waals surface area (Å²) in [5, 5.41) is 33.1. The highest BCUT2D eigenvalue weighted by atomic mass is 16.3. The van der Waals surface area contributed by atoms with E-state index in [0.717, 1.165) is 65.4 Å². The Morgan fingerprint density at radius 1 is 0.625 bits per heavy atom. The third-order valence-electron chi connectivity index (χ3n) is 4.40. The fourth-order valence-electron chi connectivity index (χ4n) is 2.88. The molecule has 1 aliphatic rings. The van der Waals surface area contributed by atoms with Crippen LogP contribution in [0, 0.1) is 0 Å². The average molecular weight is 348 g/mol. The van der Waals surface area contributed by atoms with Gasteiger partial charge in [0.25, 0.3) is 0 Å². The van der Waals surface area contributed by atoms with Crippen LogP contribution in [-0.4, -0.2) is 135 Å². The molecule has 144 valence electrons. The summed E-state index contributed by atoms with van der Waals surface area (Å²) in [6, 6.07) is 0. The van der Waals surface area contributed by atoms with Gasteiger partial charge in [-0.3, -0.25) is 14.7 Å². The monoisotopic (exact) mass is 347 g/mol. The van der Waals surface area contributed by atoms with Crippen molar-refractivity contribution in [2.45, 2.75) is 0 Å². The van der Waals surface area contributed by atoms with Crippen molar-refractivity contribution in [3.05, 3.63) is 0 Å². The topological polar surface area (TPSA) is 94.5 Å². The number of hydrogen-bond acceptors (Lipinski definition) is 8. The fraction of sp³-hybridized carbons (Fsp3) is 1.00. The number of aliphatic hydroxyl groups is 3. The number of nitrogens with zero attached hydrogens (tertiary/aromatic N) is 3. The molecule has 1 fully saturated rings. The maximum atomic E-state index is 9.19. The highest BCUT2D eigenvalue weighted by molar-refractivity contribution is 4.74. The Kier molecular flexibility index (Phi) is 13.6. The number of rotatable bonds is 15. The van der Waals surface area contributed by atoms with Crippen molar-refractivity contribution in [1.29, 1.82) is 0 Å². The molecular formula is C16H37N5O3. The van der Waals surface area contributed by atoms with E-state index < -0.39 is 0 Å². The van der Waals surface area contributed by atoms with Crippen LogP contribution >= 0.6 is 0 Å². The molecule has 8 heteroatoms. The van der Waals surface area contributed by atoms with E-state index in [9.17, 15) is 5.11 Å². The van der Waals surface area contributed by atoms with Gasteiger partial charge in [0.05, 0.1) is 19.8 Å². The van der Waals surface area contributed by atoms with E-state index >= 15 is 0 Å². The SMILES string of the molecule is OCCNCCN(CCO)CCN1CCN(CCNCCO)CC1. The summed E-state index contributed by atoms with van der Waals surface area (Å²) in [7, 11) is 0. The van der Waals surface area contributed by atoms with Crippen LogP contribution in [0.3, 0.4) is 0 Å². The van der Waals surface area contributed by atoms with Crippen LogP contribution in [0.2, 0.25) is 0 Å². The predicted octanol–water partition coefficient (Wildman–Crippen LogP) is -2.94. The van der Waals surface area contributed by atoms with E-state index in [1.165, 1.54) is 0 Å². The summed E-state index contributed by atoms with van der Waals surface area (Å²) < 4.78 is 0. The van der Waals surface area contributed by atoms with Gasteiger partial charge in [-0.05, 0) is 0 Å². The molecule has 0 saturated carbocycles. The van der Waals surface area contributed by atoms with Gasteiger partial charge in [0.15, 0.2) is 0 Å². The summed E-state index contributed by atoms with van der Waals surface area (Å²) >= 11 is 0. The Morgan fingerprint density at radius 2 is 1.21 bits per heavy atom. The Labute approximate surface area is 146 Å². The molecule has 0 aromatic carbocycles. The molecule has 8 nitrogen and oxygen atoms in total. The van der Waals surface area contributed by atoms with Crippen LogP contribution in [-0.2, 0) is 0 Å². The summed E-state index contributed by atoms with van der Waals surface area (Å²) in [5.41, 5.74) is 0. The second-order valence-corrected chi connectivity index (χ2v) is 6.20. The molecule has 0 unspecified atom stereocenters. The third kappa shape index (κ3) is 10.5. The molecule has 0 spiro atoms. The maximum absolute atomic E-state index is 9.19. The summed E-state index contributed by atoms with van der Waals surface area (Å²) in [6.07, 6.45) is 0. The fourth-order valence-corrected chi connectivity index (χ4v) is 2.88. The van der Waals surface area contributed by atoms with E-state index in [1.807, 2.05) is 0 Å². The summed E-state index contributed by atoms with van der Waals surface area (Å²) in [5.74, 6) is 0. The van der Waals surface area contributed by atoms with Crippen LogP contribution < -0.4 is 10.6 Å². The van der Waals surface area contributed by atoms with Gasteiger partial charge in [0.2, 0.25) is 0 Å². The third-order valence-corrected chi connectivity index (χ3v) is 4.40. The molecule has 1 heterocycles. The van der Waals surface area contributed by atoms with Crippen molar-refractivity contribution in [3.8, 4) is 0 Å². The summed E-state index contributed by atoms with van der Waals surface area (Å²) in [6.45, 7) is 12.7. The zero-order valence-electron chi connectivity index (χ0n) is 15.0. The predicted molar refractivity (Wildman–Crippen MR) is 96.3 cm³/mol. The minimum Gasteiger partial charge on any atom is -0.395 e. The number of piperazine rings is 1. The van der Waals surface area contributed by atoms with E-state index in [2.05, 4.69) is 25.3 Å². The van der Waals surface area contributed by atoms with Gasteiger partial charge in [0.1, 0.15) is 0 Å². The molecule has 1 rings (SSSR count). The first-order valence-corrected chi connectivity index (χ1v) is 9.21. The lowest BCUT2D eigenvalue weighted by Crippen LogP contribution is -2.50. The lowest BCUT2D eigenvalue weighted by atomic mass is 10.3. The normalized spacial score (nSPS) is 17.0. The van der Waals surface area contributed by atoms with Crippen LogP contribution in [0.5, 0.6) is 0 Å². The zero-order valence-corrected chi connectivity index (χ0v) is 15.0. The van der Waals surface area contributed by atoms with Gasteiger partial charge in [-0.25, -0.2) is 0 Å². The molecule has 0 radical (unpaired) electrons. The van der Waals surface area contributed by atoms with E-state index in [0.29, 0.717) is 19.6 Å². The van der Waals surface area contributed by atoms with Crippen molar-refractivity contribution < 1.29 is 15.3 Å². The quantitative estimate of drug-likeness (QED) is 0.201. The standard InChI is InChI=1S/C16H37N5O3/c22-14-3-17-1-5-19-7-10-21(11-8-19)12-9-20(13-16-24)6-2-18-4-15-23/h17-18,22-24H,1-16H2. The molecule has 0 atom stereocenters. The molecule has 0 aliphatic carbocycles. The van der Waals surface area contributed by atoms with Crippen LogP contribution in [0.25, 0.3) is 0 Å². The van der Waals surface area contributed by atoms with E-state index in [1.54, 1.807) is 0 Å². The zero-order chi connectivity index (χ0) is 17.5. The Morgan fingerprint density at radius 3 is 1.79 bits per heavy atom. The minimum absolute atomic E-state index is 0.166. The van der Waals surface area contributed by atoms with Crippen molar-refractivity contribution >= 4 is 0 Å². The van der Waals surface area contributed by atoms with Crippen LogP contribution in [0.15, 0.2) is 0 Å². The number of hydrogen-bond donors (Lipinski definition) is 5. The highest BCUT2D eigenvalue weighted by Crippen LogP contribution is 2.01. The molecular weight excluding hydrogens is 310 g/mol. The average Bonchev–Trinajstić information content (AvgIpc) is 2.61. The lowest BCUT2D eigenvalue weighted by Gasteiger charge is -2.35. The molecule has 0 aromatic heterocycles. The van der Waals surface area contributed by atoms with Gasteiger partial charge >= 0.3 is 0 Å². The van der Waals surface area contributed by atoms with Gasteiger partial charge < -0.3 is 26.0 Å². The van der Waals surface area contributed by atoms with Crippen molar-refractivity contribution in [3.63, 3.8) is 0 Å². The Balaban J connectivity index is 2.10. The van der Waals surface area contributed by atoms with Gasteiger partial charge in [-0.1, -0.05) is 0 Å². The molecule has 5 N–H and O–H groups in total. The lowest BCUT2D eigenvalue weighted by molar-refractivity contribution is 0.113. The molecule has 0 amide bonds. The first kappa shape index (κ1) is 21.7. The summed E-state index contributed by atoms with van der Waals surface area (Å²) in [4.78, 5) is 7.23. The maximum Gasteiger partial charge on any atom is 0.0558 e. The Bertz CT molecular complexity index is 278. The highest BCUT2D eigenvalue weighted by Gasteiger charge is 2.16. The van der Waals surface area contributed by atoms with Crippen molar-refractivity contribution in [2.75, 3.05) is 105 Å². The van der Waals surface area contributed by atoms with Crippen molar-refractivity contribution in [1.82, 2.24) is 25.3 Å².